The first-order chi connectivity index (χ1) is 9.20. The Hall–Kier alpha value is -0.100. The van der Waals surface area contributed by atoms with E-state index in [0.717, 1.165) is 47.2 Å². The van der Waals surface area contributed by atoms with E-state index in [9.17, 15) is 0 Å². The van der Waals surface area contributed by atoms with Gasteiger partial charge in [-0.1, -0.05) is 6.92 Å². The first-order valence-corrected chi connectivity index (χ1v) is 8.22. The van der Waals surface area contributed by atoms with E-state index >= 15 is 0 Å². The summed E-state index contributed by atoms with van der Waals surface area (Å²) in [5.74, 6) is 0.871. The average molecular weight is 393 g/mol. The second-order valence-corrected chi connectivity index (χ2v) is 6.33. The molecule has 1 atom stereocenters. The van der Waals surface area contributed by atoms with Crippen molar-refractivity contribution in [2.24, 2.45) is 0 Å². The lowest BCUT2D eigenvalue weighted by atomic mass is 10.1. The van der Waals surface area contributed by atoms with Crippen LogP contribution in [0, 0.1) is 0 Å². The lowest BCUT2D eigenvalue weighted by molar-refractivity contribution is 0.00678. The molecule has 1 aromatic carbocycles. The van der Waals surface area contributed by atoms with Gasteiger partial charge < -0.3 is 14.8 Å². The molecule has 0 aromatic heterocycles. The van der Waals surface area contributed by atoms with Crippen molar-refractivity contribution in [1.29, 1.82) is 0 Å². The van der Waals surface area contributed by atoms with Crippen molar-refractivity contribution in [3.05, 3.63) is 26.6 Å². The summed E-state index contributed by atoms with van der Waals surface area (Å²) in [6, 6.07) is 4.21. The van der Waals surface area contributed by atoms with Crippen LogP contribution in [0.3, 0.4) is 0 Å². The molecule has 0 radical (unpaired) electrons. The minimum Gasteiger partial charge on any atom is -0.486 e. The van der Waals surface area contributed by atoms with Crippen molar-refractivity contribution >= 4 is 31.9 Å². The second-order valence-electron chi connectivity index (χ2n) is 4.63. The molecule has 106 valence electrons. The van der Waals surface area contributed by atoms with E-state index in [1.165, 1.54) is 5.56 Å². The van der Waals surface area contributed by atoms with Gasteiger partial charge in [0.2, 0.25) is 0 Å². The monoisotopic (exact) mass is 391 g/mol. The lowest BCUT2D eigenvalue weighted by Crippen LogP contribution is -2.28. The predicted molar refractivity (Wildman–Crippen MR) is 83.7 cm³/mol. The van der Waals surface area contributed by atoms with Crippen molar-refractivity contribution < 1.29 is 9.47 Å². The Labute approximate surface area is 131 Å². The first kappa shape index (κ1) is 15.3. The molecule has 0 amide bonds. The number of ether oxygens (including phenoxy) is 2. The number of hydrogen-bond acceptors (Lipinski definition) is 3. The molecule has 5 heteroatoms. The highest BCUT2D eigenvalue weighted by atomic mass is 79.9. The summed E-state index contributed by atoms with van der Waals surface area (Å²) < 4.78 is 13.5. The molecule has 0 bridgehead atoms. The number of halogens is 2. The maximum Gasteiger partial charge on any atom is 0.148 e. The molecule has 1 aromatic rings. The number of hydrogen-bond donors (Lipinski definition) is 1. The van der Waals surface area contributed by atoms with E-state index in [-0.39, 0.29) is 6.10 Å². The molecule has 0 aliphatic carbocycles. The summed E-state index contributed by atoms with van der Waals surface area (Å²) in [6.45, 7) is 5.46. The van der Waals surface area contributed by atoms with Crippen LogP contribution in [0.25, 0.3) is 0 Å². The highest BCUT2D eigenvalue weighted by molar-refractivity contribution is 9.11. The SMILES string of the molecule is CCNCc1cc(Br)c(OC2CCCOC2)c(Br)c1. The van der Waals surface area contributed by atoms with Gasteiger partial charge in [-0.3, -0.25) is 0 Å². The maximum absolute atomic E-state index is 6.04. The molecule has 1 fully saturated rings. The van der Waals surface area contributed by atoms with Gasteiger partial charge in [-0.2, -0.15) is 0 Å². The third kappa shape index (κ3) is 4.45. The van der Waals surface area contributed by atoms with Crippen LogP contribution < -0.4 is 10.1 Å². The van der Waals surface area contributed by atoms with Crippen LogP contribution in [0.1, 0.15) is 25.3 Å². The fraction of sp³-hybridized carbons (Fsp3) is 0.571. The van der Waals surface area contributed by atoms with Crippen molar-refractivity contribution in [3.8, 4) is 5.75 Å². The highest BCUT2D eigenvalue weighted by Gasteiger charge is 2.18. The Morgan fingerprint density at radius 3 is 2.68 bits per heavy atom. The van der Waals surface area contributed by atoms with Crippen molar-refractivity contribution in [3.63, 3.8) is 0 Å². The minimum atomic E-state index is 0.154. The van der Waals surface area contributed by atoms with Gasteiger partial charge in [0, 0.05) is 13.2 Å². The Kier molecular flexibility index (Phi) is 6.13. The number of nitrogens with one attached hydrogen (secondary N) is 1. The summed E-state index contributed by atoms with van der Waals surface area (Å²) in [6.07, 6.45) is 2.28. The zero-order valence-corrected chi connectivity index (χ0v) is 14.2. The Morgan fingerprint density at radius 1 is 1.37 bits per heavy atom. The number of rotatable bonds is 5. The van der Waals surface area contributed by atoms with Crippen LogP contribution >= 0.6 is 31.9 Å². The van der Waals surface area contributed by atoms with E-state index in [1.54, 1.807) is 0 Å². The summed E-state index contributed by atoms with van der Waals surface area (Å²) in [5.41, 5.74) is 1.23. The Morgan fingerprint density at radius 2 is 2.11 bits per heavy atom. The summed E-state index contributed by atoms with van der Waals surface area (Å²) in [4.78, 5) is 0. The van der Waals surface area contributed by atoms with Gasteiger partial charge in [-0.05, 0) is 68.9 Å². The van der Waals surface area contributed by atoms with Crippen LogP contribution in [-0.2, 0) is 11.3 Å². The van der Waals surface area contributed by atoms with Gasteiger partial charge >= 0.3 is 0 Å². The van der Waals surface area contributed by atoms with Gasteiger partial charge in [0.15, 0.2) is 0 Å². The van der Waals surface area contributed by atoms with E-state index in [2.05, 4.69) is 56.2 Å². The average Bonchev–Trinajstić information content (AvgIpc) is 2.42. The maximum atomic E-state index is 6.04. The van der Waals surface area contributed by atoms with Crippen LogP contribution in [0.2, 0.25) is 0 Å². The van der Waals surface area contributed by atoms with Crippen molar-refractivity contribution in [2.75, 3.05) is 19.8 Å². The Balaban J connectivity index is 2.07. The fourth-order valence-corrected chi connectivity index (χ4v) is 3.54. The molecule has 1 aliphatic rings. The van der Waals surface area contributed by atoms with Crippen molar-refractivity contribution in [1.82, 2.24) is 5.32 Å². The van der Waals surface area contributed by atoms with E-state index in [1.807, 2.05) is 0 Å². The van der Waals surface area contributed by atoms with Crippen LogP contribution in [0.15, 0.2) is 21.1 Å². The van der Waals surface area contributed by atoms with E-state index in [4.69, 9.17) is 9.47 Å². The zero-order chi connectivity index (χ0) is 13.7. The molecule has 0 spiro atoms. The molecular weight excluding hydrogens is 374 g/mol. The first-order valence-electron chi connectivity index (χ1n) is 6.63. The third-order valence-electron chi connectivity index (χ3n) is 3.04. The van der Waals surface area contributed by atoms with Crippen LogP contribution in [0.5, 0.6) is 5.75 Å². The zero-order valence-electron chi connectivity index (χ0n) is 11.0. The highest BCUT2D eigenvalue weighted by Crippen LogP contribution is 2.36. The van der Waals surface area contributed by atoms with Gasteiger partial charge in [0.05, 0.1) is 15.6 Å². The number of benzene rings is 1. The van der Waals surface area contributed by atoms with Gasteiger partial charge in [0.25, 0.3) is 0 Å². The van der Waals surface area contributed by atoms with Gasteiger partial charge in [-0.15, -0.1) is 0 Å². The molecule has 0 saturated carbocycles. The fourth-order valence-electron chi connectivity index (χ4n) is 2.07. The molecule has 3 nitrogen and oxygen atoms in total. The van der Waals surface area contributed by atoms with Gasteiger partial charge in [-0.25, -0.2) is 0 Å². The second kappa shape index (κ2) is 7.62. The molecule has 1 heterocycles. The minimum absolute atomic E-state index is 0.154. The smallest absolute Gasteiger partial charge is 0.148 e. The van der Waals surface area contributed by atoms with Crippen LogP contribution in [0.4, 0.5) is 0 Å². The van der Waals surface area contributed by atoms with Gasteiger partial charge in [0.1, 0.15) is 11.9 Å². The summed E-state index contributed by atoms with van der Waals surface area (Å²) in [5, 5.41) is 3.32. The standard InChI is InChI=1S/C14H19Br2NO2/c1-2-17-8-10-6-12(15)14(13(16)7-10)19-11-4-3-5-18-9-11/h6-7,11,17H,2-5,8-9H2,1H3. The molecule has 1 saturated heterocycles. The Bertz CT molecular complexity index is 397. The molecule has 1 N–H and O–H groups in total. The largest absolute Gasteiger partial charge is 0.486 e. The quantitative estimate of drug-likeness (QED) is 0.824. The van der Waals surface area contributed by atoms with Crippen molar-refractivity contribution in [2.45, 2.75) is 32.4 Å². The summed E-state index contributed by atoms with van der Waals surface area (Å²) >= 11 is 7.19. The third-order valence-corrected chi connectivity index (χ3v) is 4.22. The topological polar surface area (TPSA) is 30.5 Å². The molecule has 2 rings (SSSR count). The normalized spacial score (nSPS) is 19.4. The lowest BCUT2D eigenvalue weighted by Gasteiger charge is -2.24. The van der Waals surface area contributed by atoms with E-state index in [0.29, 0.717) is 6.61 Å². The summed E-state index contributed by atoms with van der Waals surface area (Å²) in [7, 11) is 0. The van der Waals surface area contributed by atoms with E-state index < -0.39 is 0 Å². The predicted octanol–water partition coefficient (Wildman–Crippen LogP) is 3.88. The molecule has 1 aliphatic heterocycles. The molecule has 19 heavy (non-hydrogen) atoms. The molecule has 1 unspecified atom stereocenters. The molecular formula is C14H19Br2NO2. The van der Waals surface area contributed by atoms with Crippen LogP contribution in [-0.4, -0.2) is 25.9 Å².